The molecular weight excluding hydrogens is 226 g/mol. The van der Waals surface area contributed by atoms with E-state index >= 15 is 0 Å². The van der Waals surface area contributed by atoms with Gasteiger partial charge in [0.2, 0.25) is 5.95 Å². The number of rotatable bonds is 3. The Balaban J connectivity index is 1.71. The first kappa shape index (κ1) is 11.4. The molecule has 4 nitrogen and oxygen atoms in total. The Morgan fingerprint density at radius 1 is 1.39 bits per heavy atom. The molecule has 2 aromatic rings. The summed E-state index contributed by atoms with van der Waals surface area (Å²) in [6.45, 7) is 3.87. The van der Waals surface area contributed by atoms with Gasteiger partial charge < -0.3 is 10.1 Å². The van der Waals surface area contributed by atoms with Crippen molar-refractivity contribution in [2.45, 2.75) is 19.4 Å². The lowest BCUT2D eigenvalue weighted by atomic mass is 10.0. The molecule has 1 aliphatic rings. The van der Waals surface area contributed by atoms with E-state index in [1.54, 1.807) is 0 Å². The zero-order chi connectivity index (χ0) is 12.4. The molecule has 0 radical (unpaired) electrons. The molecule has 1 saturated heterocycles. The van der Waals surface area contributed by atoms with Gasteiger partial charge in [-0.15, -0.1) is 0 Å². The van der Waals surface area contributed by atoms with Crippen molar-refractivity contribution in [3.63, 3.8) is 0 Å². The minimum atomic E-state index is 0.331. The molecule has 4 heteroatoms. The molecule has 2 heterocycles. The third-order valence-corrected chi connectivity index (χ3v) is 3.54. The summed E-state index contributed by atoms with van der Waals surface area (Å²) in [6, 6.07) is 8.01. The van der Waals surface area contributed by atoms with Crippen LogP contribution in [0.1, 0.15) is 13.3 Å². The Morgan fingerprint density at radius 2 is 2.28 bits per heavy atom. The SMILES string of the molecule is CC1OCCC1CNc1ncc2ccccc2n1. The molecule has 0 bridgehead atoms. The van der Waals surface area contributed by atoms with Gasteiger partial charge in [-0.2, -0.15) is 0 Å². The van der Waals surface area contributed by atoms with Crippen LogP contribution in [0.4, 0.5) is 5.95 Å². The van der Waals surface area contributed by atoms with Gasteiger partial charge in [-0.1, -0.05) is 18.2 Å². The van der Waals surface area contributed by atoms with Gasteiger partial charge in [0.25, 0.3) is 0 Å². The molecule has 3 rings (SSSR count). The highest BCUT2D eigenvalue weighted by atomic mass is 16.5. The van der Waals surface area contributed by atoms with E-state index in [1.165, 1.54) is 0 Å². The first-order chi connectivity index (χ1) is 8.83. The Labute approximate surface area is 106 Å². The third kappa shape index (κ3) is 2.29. The zero-order valence-electron chi connectivity index (χ0n) is 10.5. The molecule has 1 N–H and O–H groups in total. The summed E-state index contributed by atoms with van der Waals surface area (Å²) in [4.78, 5) is 8.83. The molecule has 1 aromatic heterocycles. The lowest BCUT2D eigenvalue weighted by molar-refractivity contribution is 0.108. The van der Waals surface area contributed by atoms with Gasteiger partial charge in [0.05, 0.1) is 11.6 Å². The predicted octanol–water partition coefficient (Wildman–Crippen LogP) is 2.47. The molecular formula is C14H17N3O. The zero-order valence-corrected chi connectivity index (χ0v) is 10.5. The van der Waals surface area contributed by atoms with Crippen molar-refractivity contribution in [2.75, 3.05) is 18.5 Å². The highest BCUT2D eigenvalue weighted by molar-refractivity contribution is 5.78. The average molecular weight is 243 g/mol. The number of benzene rings is 1. The number of ether oxygens (including phenoxy) is 1. The number of hydrogen-bond donors (Lipinski definition) is 1. The number of anilines is 1. The summed E-state index contributed by atoms with van der Waals surface area (Å²) in [5, 5.41) is 4.38. The van der Waals surface area contributed by atoms with Crippen LogP contribution in [0.3, 0.4) is 0 Å². The molecule has 1 fully saturated rings. The van der Waals surface area contributed by atoms with E-state index in [0.29, 0.717) is 18.0 Å². The van der Waals surface area contributed by atoms with Crippen molar-refractivity contribution in [3.05, 3.63) is 30.5 Å². The van der Waals surface area contributed by atoms with Crippen molar-refractivity contribution in [2.24, 2.45) is 5.92 Å². The molecule has 0 amide bonds. The van der Waals surface area contributed by atoms with E-state index < -0.39 is 0 Å². The molecule has 0 spiro atoms. The van der Waals surface area contributed by atoms with Crippen LogP contribution in [0.2, 0.25) is 0 Å². The maximum Gasteiger partial charge on any atom is 0.223 e. The number of fused-ring (bicyclic) bond motifs is 1. The highest BCUT2D eigenvalue weighted by Gasteiger charge is 2.23. The maximum atomic E-state index is 5.54. The van der Waals surface area contributed by atoms with Crippen LogP contribution < -0.4 is 5.32 Å². The van der Waals surface area contributed by atoms with Crippen molar-refractivity contribution in [3.8, 4) is 0 Å². The smallest absolute Gasteiger partial charge is 0.223 e. The Hall–Kier alpha value is -1.68. The third-order valence-electron chi connectivity index (χ3n) is 3.54. The van der Waals surface area contributed by atoms with Gasteiger partial charge >= 0.3 is 0 Å². The Kier molecular flexibility index (Phi) is 3.11. The van der Waals surface area contributed by atoms with Crippen molar-refractivity contribution in [1.82, 2.24) is 9.97 Å². The highest BCUT2D eigenvalue weighted by Crippen LogP contribution is 2.20. The maximum absolute atomic E-state index is 5.54. The molecule has 1 aromatic carbocycles. The minimum absolute atomic E-state index is 0.331. The number of hydrogen-bond acceptors (Lipinski definition) is 4. The second kappa shape index (κ2) is 4.90. The normalized spacial score (nSPS) is 23.4. The van der Waals surface area contributed by atoms with Gasteiger partial charge in [0.1, 0.15) is 0 Å². The van der Waals surface area contributed by atoms with E-state index in [4.69, 9.17) is 4.74 Å². The number of para-hydroxylation sites is 1. The first-order valence-electron chi connectivity index (χ1n) is 6.40. The first-order valence-corrected chi connectivity index (χ1v) is 6.40. The van der Waals surface area contributed by atoms with Crippen molar-refractivity contribution >= 4 is 16.9 Å². The van der Waals surface area contributed by atoms with Gasteiger partial charge in [-0.3, -0.25) is 0 Å². The monoisotopic (exact) mass is 243 g/mol. The largest absolute Gasteiger partial charge is 0.378 e. The lowest BCUT2D eigenvalue weighted by Gasteiger charge is -2.14. The van der Waals surface area contributed by atoms with Crippen molar-refractivity contribution < 1.29 is 4.74 Å². The number of nitrogens with zero attached hydrogens (tertiary/aromatic N) is 2. The summed E-state index contributed by atoms with van der Waals surface area (Å²) >= 11 is 0. The lowest BCUT2D eigenvalue weighted by Crippen LogP contribution is -2.21. The fourth-order valence-electron chi connectivity index (χ4n) is 2.32. The van der Waals surface area contributed by atoms with Gasteiger partial charge in [0.15, 0.2) is 0 Å². The fourth-order valence-corrected chi connectivity index (χ4v) is 2.32. The van der Waals surface area contributed by atoms with Crippen molar-refractivity contribution in [1.29, 1.82) is 0 Å². The molecule has 2 atom stereocenters. The fraction of sp³-hybridized carbons (Fsp3) is 0.429. The van der Waals surface area contributed by atoms with Crippen LogP contribution in [0, 0.1) is 5.92 Å². The summed E-state index contributed by atoms with van der Waals surface area (Å²) in [5.41, 5.74) is 0.978. The van der Waals surface area contributed by atoms with Gasteiger partial charge in [-0.05, 0) is 19.4 Å². The molecule has 2 unspecified atom stereocenters. The van der Waals surface area contributed by atoms with E-state index in [1.807, 2.05) is 30.5 Å². The molecule has 94 valence electrons. The minimum Gasteiger partial charge on any atom is -0.378 e. The summed E-state index contributed by atoms with van der Waals surface area (Å²) in [6.07, 6.45) is 3.30. The van der Waals surface area contributed by atoms with E-state index in [2.05, 4.69) is 22.2 Å². The number of nitrogens with one attached hydrogen (secondary N) is 1. The quantitative estimate of drug-likeness (QED) is 0.899. The number of aromatic nitrogens is 2. The van der Waals surface area contributed by atoms with E-state index in [9.17, 15) is 0 Å². The molecule has 0 saturated carbocycles. The standard InChI is InChI=1S/C14H17N3O/c1-10-11(6-7-18-10)8-15-14-16-9-12-4-2-3-5-13(12)17-14/h2-5,9-11H,6-8H2,1H3,(H,15,16,17). The average Bonchev–Trinajstić information content (AvgIpc) is 2.82. The van der Waals surface area contributed by atoms with Gasteiger partial charge in [0, 0.05) is 30.7 Å². The second-order valence-electron chi connectivity index (χ2n) is 4.76. The predicted molar refractivity (Wildman–Crippen MR) is 71.5 cm³/mol. The van der Waals surface area contributed by atoms with Crippen LogP contribution in [0.25, 0.3) is 10.9 Å². The van der Waals surface area contributed by atoms with Crippen LogP contribution in [0.15, 0.2) is 30.5 Å². The van der Waals surface area contributed by atoms with E-state index in [-0.39, 0.29) is 0 Å². The summed E-state index contributed by atoms with van der Waals surface area (Å²) in [5.74, 6) is 1.26. The van der Waals surface area contributed by atoms with Crippen LogP contribution in [-0.2, 0) is 4.74 Å². The molecule has 0 aliphatic carbocycles. The van der Waals surface area contributed by atoms with Crippen LogP contribution in [0.5, 0.6) is 0 Å². The Morgan fingerprint density at radius 3 is 3.11 bits per heavy atom. The van der Waals surface area contributed by atoms with Crippen LogP contribution in [-0.4, -0.2) is 29.2 Å². The van der Waals surface area contributed by atoms with E-state index in [0.717, 1.165) is 30.5 Å². The molecule has 1 aliphatic heterocycles. The van der Waals surface area contributed by atoms with Gasteiger partial charge in [-0.25, -0.2) is 9.97 Å². The summed E-state index contributed by atoms with van der Waals surface area (Å²) < 4.78 is 5.54. The topological polar surface area (TPSA) is 47.0 Å². The molecule has 18 heavy (non-hydrogen) atoms. The summed E-state index contributed by atoms with van der Waals surface area (Å²) in [7, 11) is 0. The van der Waals surface area contributed by atoms with Crippen LogP contribution >= 0.6 is 0 Å². The Bertz CT molecular complexity index is 543. The second-order valence-corrected chi connectivity index (χ2v) is 4.76.